The zero-order valence-electron chi connectivity index (χ0n) is 18.7. The molecule has 0 spiro atoms. The van der Waals surface area contributed by atoms with E-state index in [2.05, 4.69) is 4.98 Å². The van der Waals surface area contributed by atoms with Gasteiger partial charge in [0.25, 0.3) is 0 Å². The van der Waals surface area contributed by atoms with Crippen LogP contribution < -0.4 is 4.74 Å². The average molecular weight is 424 g/mol. The molecule has 2 aromatic heterocycles. The number of hydrogen-bond acceptors (Lipinski definition) is 5. The SMILES string of the molecule is CC(C)(C)OC(=O)N1C(Cc2ccc(Oc3cccc4nccn34)cc2)COC1(C)C. The van der Waals surface area contributed by atoms with Crippen molar-refractivity contribution in [1.29, 1.82) is 0 Å². The predicted molar refractivity (Wildman–Crippen MR) is 117 cm³/mol. The molecular formula is C24H29N3O4. The lowest BCUT2D eigenvalue weighted by molar-refractivity contribution is -0.0624. The Bertz CT molecular complexity index is 1070. The first-order valence-corrected chi connectivity index (χ1v) is 10.5. The van der Waals surface area contributed by atoms with E-state index >= 15 is 0 Å². The lowest BCUT2D eigenvalue weighted by atomic mass is 10.0. The number of benzene rings is 1. The van der Waals surface area contributed by atoms with Gasteiger partial charge in [-0.1, -0.05) is 18.2 Å². The van der Waals surface area contributed by atoms with Gasteiger partial charge in [0.05, 0.1) is 12.6 Å². The van der Waals surface area contributed by atoms with E-state index in [0.717, 1.165) is 17.0 Å². The lowest BCUT2D eigenvalue weighted by Crippen LogP contribution is -2.50. The molecule has 1 aliphatic rings. The van der Waals surface area contributed by atoms with Gasteiger partial charge in [-0.25, -0.2) is 9.78 Å². The van der Waals surface area contributed by atoms with Crippen molar-refractivity contribution in [2.24, 2.45) is 0 Å². The van der Waals surface area contributed by atoms with Crippen molar-refractivity contribution in [3.8, 4) is 11.6 Å². The number of rotatable bonds is 4. The number of carbonyl (C=O) groups is 1. The van der Waals surface area contributed by atoms with Gasteiger partial charge in [0.1, 0.15) is 22.7 Å². The summed E-state index contributed by atoms with van der Waals surface area (Å²) in [6.07, 6.45) is 3.92. The summed E-state index contributed by atoms with van der Waals surface area (Å²) in [6.45, 7) is 9.86. The van der Waals surface area contributed by atoms with E-state index < -0.39 is 11.3 Å². The first-order valence-electron chi connectivity index (χ1n) is 10.5. The van der Waals surface area contributed by atoms with E-state index in [0.29, 0.717) is 18.9 Å². The maximum Gasteiger partial charge on any atom is 0.412 e. The molecule has 0 N–H and O–H groups in total. The molecule has 1 fully saturated rings. The van der Waals surface area contributed by atoms with E-state index in [4.69, 9.17) is 14.2 Å². The second-order valence-electron chi connectivity index (χ2n) is 9.23. The molecule has 3 aromatic rings. The summed E-state index contributed by atoms with van der Waals surface area (Å²) in [4.78, 5) is 18.8. The van der Waals surface area contributed by atoms with Gasteiger partial charge in [-0.3, -0.25) is 9.30 Å². The second-order valence-corrected chi connectivity index (χ2v) is 9.23. The molecule has 4 rings (SSSR count). The summed E-state index contributed by atoms with van der Waals surface area (Å²) in [7, 11) is 0. The number of pyridine rings is 1. The van der Waals surface area contributed by atoms with E-state index in [1.807, 2.05) is 87.7 Å². The number of amides is 1. The molecule has 1 unspecified atom stereocenters. The third kappa shape index (κ3) is 4.66. The van der Waals surface area contributed by atoms with Crippen LogP contribution in [0.3, 0.4) is 0 Å². The van der Waals surface area contributed by atoms with E-state index in [1.54, 1.807) is 11.1 Å². The molecular weight excluding hydrogens is 394 g/mol. The maximum absolute atomic E-state index is 12.8. The molecule has 1 aromatic carbocycles. The molecule has 0 radical (unpaired) electrons. The van der Waals surface area contributed by atoms with Crippen molar-refractivity contribution >= 4 is 11.7 Å². The Hall–Kier alpha value is -3.06. The summed E-state index contributed by atoms with van der Waals surface area (Å²) < 4.78 is 19.4. The van der Waals surface area contributed by atoms with Crippen LogP contribution in [-0.4, -0.2) is 44.4 Å². The van der Waals surface area contributed by atoms with Crippen LogP contribution in [0.15, 0.2) is 54.9 Å². The van der Waals surface area contributed by atoms with Gasteiger partial charge in [-0.05, 0) is 70.9 Å². The quantitative estimate of drug-likeness (QED) is 0.588. The van der Waals surface area contributed by atoms with Gasteiger partial charge in [0, 0.05) is 12.4 Å². The molecule has 164 valence electrons. The summed E-state index contributed by atoms with van der Waals surface area (Å²) >= 11 is 0. The topological polar surface area (TPSA) is 65.3 Å². The van der Waals surface area contributed by atoms with Crippen molar-refractivity contribution in [2.75, 3.05) is 6.61 Å². The lowest BCUT2D eigenvalue weighted by Gasteiger charge is -2.35. The Kier molecular flexibility index (Phi) is 5.39. The summed E-state index contributed by atoms with van der Waals surface area (Å²) in [6, 6.07) is 13.5. The fourth-order valence-corrected chi connectivity index (χ4v) is 3.81. The zero-order chi connectivity index (χ0) is 22.2. The van der Waals surface area contributed by atoms with Crippen LogP contribution in [0.1, 0.15) is 40.2 Å². The number of fused-ring (bicyclic) bond motifs is 1. The molecule has 0 bridgehead atoms. The zero-order valence-corrected chi connectivity index (χ0v) is 18.7. The minimum Gasteiger partial charge on any atom is -0.444 e. The molecule has 31 heavy (non-hydrogen) atoms. The number of ether oxygens (including phenoxy) is 3. The van der Waals surface area contributed by atoms with Crippen LogP contribution in [0.2, 0.25) is 0 Å². The maximum atomic E-state index is 12.8. The molecule has 3 heterocycles. The normalized spacial score (nSPS) is 18.4. The molecule has 1 saturated heterocycles. The van der Waals surface area contributed by atoms with Crippen LogP contribution in [0.25, 0.3) is 5.65 Å². The number of aromatic nitrogens is 2. The average Bonchev–Trinajstić information content (AvgIpc) is 3.26. The van der Waals surface area contributed by atoms with Crippen molar-refractivity contribution in [3.63, 3.8) is 0 Å². The largest absolute Gasteiger partial charge is 0.444 e. The van der Waals surface area contributed by atoms with Gasteiger partial charge in [0.2, 0.25) is 5.88 Å². The minimum absolute atomic E-state index is 0.101. The molecule has 7 heteroatoms. The molecule has 1 amide bonds. The molecule has 1 atom stereocenters. The van der Waals surface area contributed by atoms with Crippen LogP contribution in [0.4, 0.5) is 4.79 Å². The van der Waals surface area contributed by atoms with Gasteiger partial charge in [0.15, 0.2) is 0 Å². The number of carbonyl (C=O) groups excluding carboxylic acids is 1. The first-order chi connectivity index (χ1) is 14.6. The Balaban J connectivity index is 1.46. The third-order valence-electron chi connectivity index (χ3n) is 5.17. The minimum atomic E-state index is -0.709. The van der Waals surface area contributed by atoms with Crippen molar-refractivity contribution in [3.05, 3.63) is 60.4 Å². The third-order valence-corrected chi connectivity index (χ3v) is 5.17. The molecule has 7 nitrogen and oxygen atoms in total. The first kappa shape index (κ1) is 21.2. The van der Waals surface area contributed by atoms with Crippen LogP contribution in [0.5, 0.6) is 11.6 Å². The summed E-state index contributed by atoms with van der Waals surface area (Å²) in [5.74, 6) is 1.43. The Morgan fingerprint density at radius 2 is 1.94 bits per heavy atom. The molecule has 1 aliphatic heterocycles. The van der Waals surface area contributed by atoms with Crippen molar-refractivity contribution in [1.82, 2.24) is 14.3 Å². The van der Waals surface area contributed by atoms with Gasteiger partial charge in [-0.2, -0.15) is 0 Å². The van der Waals surface area contributed by atoms with E-state index in [-0.39, 0.29) is 12.1 Å². The monoisotopic (exact) mass is 423 g/mol. The van der Waals surface area contributed by atoms with Crippen molar-refractivity contribution in [2.45, 2.75) is 58.4 Å². The van der Waals surface area contributed by atoms with E-state index in [1.165, 1.54) is 0 Å². The highest BCUT2D eigenvalue weighted by Gasteiger charge is 2.45. The Labute approximate surface area is 182 Å². The molecule has 0 aliphatic carbocycles. The molecule has 0 saturated carbocycles. The predicted octanol–water partition coefficient (Wildman–Crippen LogP) is 5.04. The highest BCUT2D eigenvalue weighted by atomic mass is 16.6. The number of hydrogen-bond donors (Lipinski definition) is 0. The fourth-order valence-electron chi connectivity index (χ4n) is 3.81. The number of imidazole rings is 1. The van der Waals surface area contributed by atoms with Crippen LogP contribution in [0, 0.1) is 0 Å². The highest BCUT2D eigenvalue weighted by molar-refractivity contribution is 5.69. The smallest absolute Gasteiger partial charge is 0.412 e. The standard InChI is InChI=1S/C24H29N3O4/c1-23(2,3)31-22(28)27-18(16-29-24(27,4)5)15-17-9-11-19(12-10-17)30-21-8-6-7-20-25-13-14-26(20)21/h6-14,18H,15-16H2,1-5H3. The second kappa shape index (κ2) is 7.89. The van der Waals surface area contributed by atoms with Crippen LogP contribution >= 0.6 is 0 Å². The summed E-state index contributed by atoms with van der Waals surface area (Å²) in [5.41, 5.74) is 0.657. The van der Waals surface area contributed by atoms with Crippen LogP contribution in [-0.2, 0) is 15.9 Å². The van der Waals surface area contributed by atoms with Gasteiger partial charge in [-0.15, -0.1) is 0 Å². The fraction of sp³-hybridized carbons (Fsp3) is 0.417. The Morgan fingerprint density at radius 3 is 2.65 bits per heavy atom. The van der Waals surface area contributed by atoms with Crippen molar-refractivity contribution < 1.29 is 19.0 Å². The van der Waals surface area contributed by atoms with Gasteiger partial charge >= 0.3 is 6.09 Å². The number of nitrogens with zero attached hydrogens (tertiary/aromatic N) is 3. The van der Waals surface area contributed by atoms with Gasteiger partial charge < -0.3 is 14.2 Å². The highest BCUT2D eigenvalue weighted by Crippen LogP contribution is 2.31. The van der Waals surface area contributed by atoms with E-state index in [9.17, 15) is 4.79 Å². The Morgan fingerprint density at radius 1 is 1.19 bits per heavy atom. The summed E-state index contributed by atoms with van der Waals surface area (Å²) in [5, 5.41) is 0.